The van der Waals surface area contributed by atoms with Gasteiger partial charge < -0.3 is 15.1 Å². The predicted molar refractivity (Wildman–Crippen MR) is 83.1 cm³/mol. The summed E-state index contributed by atoms with van der Waals surface area (Å²) in [6, 6.07) is 8.81. The number of hydrogen-bond donors (Lipinski definition) is 2. The second kappa shape index (κ2) is 6.67. The number of likely N-dealkylation sites (tertiary alicyclic amines) is 1. The zero-order valence-electron chi connectivity index (χ0n) is 12.8. The minimum Gasteiger partial charge on any atom is -0.392 e. The first-order valence-corrected chi connectivity index (χ1v) is 7.63. The molecule has 0 radical (unpaired) electrons. The Labute approximate surface area is 138 Å². The maximum absolute atomic E-state index is 14.1. The highest BCUT2D eigenvalue weighted by Crippen LogP contribution is 2.35. The first-order chi connectivity index (χ1) is 11.5. The van der Waals surface area contributed by atoms with Gasteiger partial charge in [-0.2, -0.15) is 0 Å². The SMILES string of the molecule is O=C(c1cccc(CO)c1)N1C[C@H](O)C[C@H]1c1cc(F)ccc1F. The maximum Gasteiger partial charge on any atom is 0.254 e. The third-order valence-corrected chi connectivity index (χ3v) is 4.21. The summed E-state index contributed by atoms with van der Waals surface area (Å²) in [7, 11) is 0. The molecule has 4 nitrogen and oxygen atoms in total. The third kappa shape index (κ3) is 3.16. The molecule has 1 fully saturated rings. The van der Waals surface area contributed by atoms with Crippen molar-refractivity contribution < 1.29 is 23.8 Å². The van der Waals surface area contributed by atoms with Gasteiger partial charge in [-0.05, 0) is 42.3 Å². The predicted octanol–water partition coefficient (Wildman–Crippen LogP) is 2.41. The van der Waals surface area contributed by atoms with Crippen molar-refractivity contribution in [3.63, 3.8) is 0 Å². The molecule has 1 aliphatic heterocycles. The van der Waals surface area contributed by atoms with Gasteiger partial charge in [0.15, 0.2) is 0 Å². The number of halogens is 2. The summed E-state index contributed by atoms with van der Waals surface area (Å²) in [4.78, 5) is 14.1. The molecule has 1 heterocycles. The fourth-order valence-corrected chi connectivity index (χ4v) is 3.07. The van der Waals surface area contributed by atoms with Crippen LogP contribution in [0.3, 0.4) is 0 Å². The summed E-state index contributed by atoms with van der Waals surface area (Å²) in [5, 5.41) is 19.1. The Morgan fingerprint density at radius 1 is 1.21 bits per heavy atom. The van der Waals surface area contributed by atoms with E-state index in [9.17, 15) is 23.8 Å². The number of aliphatic hydroxyl groups is 2. The van der Waals surface area contributed by atoms with Crippen molar-refractivity contribution in [1.29, 1.82) is 0 Å². The Morgan fingerprint density at radius 3 is 2.75 bits per heavy atom. The molecule has 0 bridgehead atoms. The highest BCUT2D eigenvalue weighted by Gasteiger charge is 2.37. The molecule has 0 aliphatic carbocycles. The van der Waals surface area contributed by atoms with E-state index in [1.165, 1.54) is 4.90 Å². The van der Waals surface area contributed by atoms with Crippen molar-refractivity contribution in [2.24, 2.45) is 0 Å². The summed E-state index contributed by atoms with van der Waals surface area (Å²) in [6.07, 6.45) is -0.658. The standard InChI is InChI=1S/C18H17F2NO3/c19-13-4-5-16(20)15(7-13)17-8-14(23)9-21(17)18(24)12-3-1-2-11(6-12)10-22/h1-7,14,17,22-23H,8-10H2/t14-,17+/m1/s1. The summed E-state index contributed by atoms with van der Waals surface area (Å²) in [5.41, 5.74) is 0.963. The topological polar surface area (TPSA) is 60.8 Å². The second-order valence-corrected chi connectivity index (χ2v) is 5.89. The van der Waals surface area contributed by atoms with Crippen LogP contribution in [0.4, 0.5) is 8.78 Å². The lowest BCUT2D eigenvalue weighted by molar-refractivity contribution is 0.0713. The van der Waals surface area contributed by atoms with E-state index >= 15 is 0 Å². The van der Waals surface area contributed by atoms with Gasteiger partial charge in [-0.3, -0.25) is 4.79 Å². The van der Waals surface area contributed by atoms with Crippen LogP contribution in [-0.4, -0.2) is 33.7 Å². The molecule has 2 aromatic rings. The number of benzene rings is 2. The normalized spacial score (nSPS) is 20.4. The van der Waals surface area contributed by atoms with E-state index in [2.05, 4.69) is 0 Å². The first kappa shape index (κ1) is 16.5. The lowest BCUT2D eigenvalue weighted by Crippen LogP contribution is -2.32. The first-order valence-electron chi connectivity index (χ1n) is 7.63. The molecule has 2 atom stereocenters. The molecule has 3 rings (SSSR count). The van der Waals surface area contributed by atoms with Crippen LogP contribution in [0, 0.1) is 11.6 Å². The van der Waals surface area contributed by atoms with Crippen molar-refractivity contribution in [3.8, 4) is 0 Å². The van der Waals surface area contributed by atoms with Gasteiger partial charge in [-0.1, -0.05) is 12.1 Å². The van der Waals surface area contributed by atoms with Crippen LogP contribution in [0.25, 0.3) is 0 Å². The average Bonchev–Trinajstić information content (AvgIpc) is 2.98. The van der Waals surface area contributed by atoms with Crippen LogP contribution in [-0.2, 0) is 6.61 Å². The molecule has 0 saturated carbocycles. The van der Waals surface area contributed by atoms with Crippen LogP contribution < -0.4 is 0 Å². The zero-order valence-corrected chi connectivity index (χ0v) is 12.8. The van der Waals surface area contributed by atoms with Crippen molar-refractivity contribution in [3.05, 3.63) is 70.8 Å². The fraction of sp³-hybridized carbons (Fsp3) is 0.278. The van der Waals surface area contributed by atoms with E-state index in [0.717, 1.165) is 18.2 Å². The Kier molecular flexibility index (Phi) is 4.59. The minimum atomic E-state index is -0.803. The Hall–Kier alpha value is -2.31. The van der Waals surface area contributed by atoms with Gasteiger partial charge in [0, 0.05) is 17.7 Å². The van der Waals surface area contributed by atoms with Gasteiger partial charge in [-0.15, -0.1) is 0 Å². The van der Waals surface area contributed by atoms with Crippen molar-refractivity contribution >= 4 is 5.91 Å². The van der Waals surface area contributed by atoms with Crippen molar-refractivity contribution in [1.82, 2.24) is 4.90 Å². The number of rotatable bonds is 3. The lowest BCUT2D eigenvalue weighted by atomic mass is 10.0. The van der Waals surface area contributed by atoms with E-state index < -0.39 is 29.7 Å². The molecule has 126 valence electrons. The fourth-order valence-electron chi connectivity index (χ4n) is 3.07. The Morgan fingerprint density at radius 2 is 2.00 bits per heavy atom. The molecular weight excluding hydrogens is 316 g/mol. The average molecular weight is 333 g/mol. The molecule has 2 N–H and O–H groups in total. The highest BCUT2D eigenvalue weighted by atomic mass is 19.1. The number of carbonyl (C=O) groups is 1. The molecule has 1 amide bonds. The molecule has 0 aromatic heterocycles. The van der Waals surface area contributed by atoms with Crippen LogP contribution in [0.1, 0.15) is 33.9 Å². The second-order valence-electron chi connectivity index (χ2n) is 5.89. The Balaban J connectivity index is 1.95. The maximum atomic E-state index is 14.1. The highest BCUT2D eigenvalue weighted by molar-refractivity contribution is 5.95. The van der Waals surface area contributed by atoms with Gasteiger partial charge in [0.25, 0.3) is 5.91 Å². The van der Waals surface area contributed by atoms with Crippen molar-refractivity contribution in [2.45, 2.75) is 25.2 Å². The molecule has 1 aliphatic rings. The van der Waals surface area contributed by atoms with Crippen LogP contribution in [0.2, 0.25) is 0 Å². The van der Waals surface area contributed by atoms with E-state index in [1.54, 1.807) is 24.3 Å². The Bertz CT molecular complexity index is 766. The molecule has 6 heteroatoms. The van der Waals surface area contributed by atoms with Crippen LogP contribution in [0.15, 0.2) is 42.5 Å². The lowest BCUT2D eigenvalue weighted by Gasteiger charge is -2.25. The van der Waals surface area contributed by atoms with Crippen LogP contribution in [0.5, 0.6) is 0 Å². The zero-order chi connectivity index (χ0) is 17.3. The summed E-state index contributed by atoms with van der Waals surface area (Å²) < 4.78 is 27.6. The summed E-state index contributed by atoms with van der Waals surface area (Å²) >= 11 is 0. The van der Waals surface area contributed by atoms with E-state index in [4.69, 9.17) is 0 Å². The molecule has 1 saturated heterocycles. The summed E-state index contributed by atoms with van der Waals surface area (Å²) in [5.74, 6) is -1.60. The number of nitrogens with zero attached hydrogens (tertiary/aromatic N) is 1. The molecule has 24 heavy (non-hydrogen) atoms. The third-order valence-electron chi connectivity index (χ3n) is 4.21. The summed E-state index contributed by atoms with van der Waals surface area (Å²) in [6.45, 7) is -0.158. The number of amides is 1. The van der Waals surface area contributed by atoms with E-state index in [0.29, 0.717) is 11.1 Å². The molecular formula is C18H17F2NO3. The minimum absolute atomic E-state index is 0.0445. The number of hydrogen-bond acceptors (Lipinski definition) is 3. The molecule has 0 spiro atoms. The molecule has 0 unspecified atom stereocenters. The van der Waals surface area contributed by atoms with Gasteiger partial charge in [0.1, 0.15) is 11.6 Å². The quantitative estimate of drug-likeness (QED) is 0.907. The monoisotopic (exact) mass is 333 g/mol. The number of aliphatic hydroxyl groups excluding tert-OH is 2. The largest absolute Gasteiger partial charge is 0.392 e. The van der Waals surface area contributed by atoms with Gasteiger partial charge >= 0.3 is 0 Å². The van der Waals surface area contributed by atoms with Crippen molar-refractivity contribution in [2.75, 3.05) is 6.54 Å². The van der Waals surface area contributed by atoms with Gasteiger partial charge in [-0.25, -0.2) is 8.78 Å². The van der Waals surface area contributed by atoms with Gasteiger partial charge in [0.2, 0.25) is 0 Å². The van der Waals surface area contributed by atoms with E-state index in [-0.39, 0.29) is 25.1 Å². The number of carbonyl (C=O) groups excluding carboxylic acids is 1. The number of β-amino-alcohol motifs (C(OH)–C–C–N with tert-alkyl or cyclic N) is 1. The van der Waals surface area contributed by atoms with Gasteiger partial charge in [0.05, 0.1) is 18.8 Å². The van der Waals surface area contributed by atoms with Crippen LogP contribution >= 0.6 is 0 Å². The smallest absolute Gasteiger partial charge is 0.254 e. The van der Waals surface area contributed by atoms with E-state index in [1.807, 2.05) is 0 Å². The molecule has 2 aromatic carbocycles.